The van der Waals surface area contributed by atoms with Crippen LogP contribution in [0.1, 0.15) is 54.2 Å². The molecule has 172 valence electrons. The summed E-state index contributed by atoms with van der Waals surface area (Å²) in [5.74, 6) is 0.522. The van der Waals surface area contributed by atoms with Crippen LogP contribution in [0.2, 0.25) is 0 Å². The Bertz CT molecular complexity index is 1360. The Kier molecular flexibility index (Phi) is 4.97. The van der Waals surface area contributed by atoms with E-state index in [4.69, 9.17) is 0 Å². The first-order valence-corrected chi connectivity index (χ1v) is 12.8. The van der Waals surface area contributed by atoms with Gasteiger partial charge in [0.2, 0.25) is 0 Å². The normalized spacial score (nSPS) is 30.6. The molecule has 2 saturated heterocycles. The second-order valence-corrected chi connectivity index (χ2v) is 10.2. The van der Waals surface area contributed by atoms with Crippen LogP contribution in [0.4, 0.5) is 0 Å². The van der Waals surface area contributed by atoms with Crippen molar-refractivity contribution in [3.8, 4) is 0 Å². The summed E-state index contributed by atoms with van der Waals surface area (Å²) in [5, 5.41) is 5.20. The van der Waals surface area contributed by atoms with Gasteiger partial charge in [-0.2, -0.15) is 0 Å². The molecule has 0 radical (unpaired) electrons. The summed E-state index contributed by atoms with van der Waals surface area (Å²) in [6.45, 7) is 2.35. The van der Waals surface area contributed by atoms with Gasteiger partial charge in [0.15, 0.2) is 0 Å². The Balaban J connectivity index is 1.18. The maximum atomic E-state index is 2.60. The lowest BCUT2D eigenvalue weighted by Gasteiger charge is -2.27. The molecule has 3 aromatic carbocycles. The third kappa shape index (κ3) is 3.48. The maximum Gasteiger partial charge on any atom is 0.117 e. The van der Waals surface area contributed by atoms with Gasteiger partial charge in [-0.3, -0.25) is 0 Å². The minimum absolute atomic E-state index is 0.316. The molecule has 2 aliphatic carbocycles. The summed E-state index contributed by atoms with van der Waals surface area (Å²) in [6.07, 6.45) is 14.2. The van der Waals surface area contributed by atoms with Gasteiger partial charge in [0.05, 0.1) is 12.1 Å². The molecule has 0 amide bonds. The van der Waals surface area contributed by atoms with Crippen molar-refractivity contribution in [3.63, 3.8) is 0 Å². The van der Waals surface area contributed by atoms with Crippen molar-refractivity contribution in [2.45, 2.75) is 38.0 Å². The molecular formula is C33H30N2. The van der Waals surface area contributed by atoms with E-state index in [0.717, 1.165) is 12.8 Å². The molecule has 3 aromatic rings. The van der Waals surface area contributed by atoms with Crippen LogP contribution < -0.4 is 0 Å². The quantitative estimate of drug-likeness (QED) is 0.372. The van der Waals surface area contributed by atoms with Crippen molar-refractivity contribution in [1.29, 1.82) is 0 Å². The fraction of sp³-hybridized carbons (Fsp3) is 0.212. The third-order valence-electron chi connectivity index (χ3n) is 8.11. The Hall–Kier alpha value is -3.46. The van der Waals surface area contributed by atoms with Crippen LogP contribution in [0.3, 0.4) is 0 Å². The van der Waals surface area contributed by atoms with Gasteiger partial charge >= 0.3 is 0 Å². The number of hydrogen-bond donors (Lipinski definition) is 0. The van der Waals surface area contributed by atoms with Crippen molar-refractivity contribution in [3.05, 3.63) is 143 Å². The Morgan fingerprint density at radius 3 is 1.91 bits per heavy atom. The number of hydrazine groups is 1. The molecule has 0 bridgehead atoms. The van der Waals surface area contributed by atoms with E-state index in [0.29, 0.717) is 24.2 Å². The highest BCUT2D eigenvalue weighted by atomic mass is 15.9. The summed E-state index contributed by atoms with van der Waals surface area (Å²) in [7, 11) is 0. The van der Waals surface area contributed by atoms with Gasteiger partial charge in [0.1, 0.15) is 6.17 Å². The number of benzene rings is 3. The fourth-order valence-electron chi connectivity index (χ4n) is 6.34. The van der Waals surface area contributed by atoms with Crippen LogP contribution in [0.5, 0.6) is 0 Å². The second-order valence-electron chi connectivity index (χ2n) is 10.2. The van der Waals surface area contributed by atoms with Gasteiger partial charge in [-0.1, -0.05) is 122 Å². The molecule has 6 atom stereocenters. The van der Waals surface area contributed by atoms with Gasteiger partial charge < -0.3 is 0 Å². The molecule has 2 fully saturated rings. The zero-order chi connectivity index (χ0) is 23.4. The zero-order valence-corrected chi connectivity index (χ0v) is 20.1. The monoisotopic (exact) mass is 454 g/mol. The first-order chi connectivity index (χ1) is 17.3. The van der Waals surface area contributed by atoms with E-state index in [-0.39, 0.29) is 0 Å². The van der Waals surface area contributed by atoms with Crippen molar-refractivity contribution >= 4 is 11.1 Å². The Labute approximate surface area is 208 Å². The number of hydrogen-bond acceptors (Lipinski definition) is 2. The Morgan fingerprint density at radius 1 is 0.629 bits per heavy atom. The fourth-order valence-corrected chi connectivity index (χ4v) is 6.34. The van der Waals surface area contributed by atoms with E-state index >= 15 is 0 Å². The van der Waals surface area contributed by atoms with Crippen molar-refractivity contribution in [2.24, 2.45) is 5.92 Å². The molecule has 5 unspecified atom stereocenters. The number of rotatable bonds is 4. The topological polar surface area (TPSA) is 6.02 Å². The van der Waals surface area contributed by atoms with E-state index in [2.05, 4.69) is 132 Å². The average Bonchev–Trinajstić information content (AvgIpc) is 3.54. The summed E-state index contributed by atoms with van der Waals surface area (Å²) >= 11 is 0. The molecule has 2 aliphatic heterocycles. The van der Waals surface area contributed by atoms with E-state index in [1.807, 2.05) is 0 Å². The van der Waals surface area contributed by atoms with E-state index < -0.39 is 0 Å². The van der Waals surface area contributed by atoms with Crippen LogP contribution in [0.25, 0.3) is 11.1 Å². The lowest BCUT2D eigenvalue weighted by atomic mass is 9.83. The number of allylic oxidation sites excluding steroid dienone is 6. The van der Waals surface area contributed by atoms with E-state index in [1.54, 1.807) is 0 Å². The van der Waals surface area contributed by atoms with Crippen LogP contribution in [-0.2, 0) is 0 Å². The van der Waals surface area contributed by atoms with Gasteiger partial charge in [-0.15, -0.1) is 0 Å². The summed E-state index contributed by atoms with van der Waals surface area (Å²) in [4.78, 5) is 0. The molecule has 0 N–H and O–H groups in total. The van der Waals surface area contributed by atoms with E-state index in [1.165, 1.54) is 39.0 Å². The molecule has 7 rings (SSSR count). The van der Waals surface area contributed by atoms with E-state index in [9.17, 15) is 0 Å². The molecule has 2 nitrogen and oxygen atoms in total. The zero-order valence-electron chi connectivity index (χ0n) is 20.1. The lowest BCUT2D eigenvalue weighted by molar-refractivity contribution is 0.285. The van der Waals surface area contributed by atoms with Crippen molar-refractivity contribution in [1.82, 2.24) is 10.0 Å². The largest absolute Gasteiger partial charge is 0.208 e. The summed E-state index contributed by atoms with van der Waals surface area (Å²) in [5.41, 5.74) is 9.88. The van der Waals surface area contributed by atoms with Crippen LogP contribution >= 0.6 is 0 Å². The van der Waals surface area contributed by atoms with Crippen molar-refractivity contribution in [2.75, 3.05) is 0 Å². The van der Waals surface area contributed by atoms with Crippen molar-refractivity contribution < 1.29 is 0 Å². The standard InChI is InChI=1S/C33H30N2/c1-23-9-8-14-30-31(23)34-33(29-12-6-3-7-13-29)35(34)32(30)28-21-19-27(20-22-28)26-17-15-25(16-18-26)24-10-4-2-5-11-24/h2-15,17,19-23,31-33H,16,18H2,1H3/t23?,31?,32?,33?,34?,35-/m0/s1. The molecular weight excluding hydrogens is 424 g/mol. The predicted molar refractivity (Wildman–Crippen MR) is 144 cm³/mol. The molecule has 2 heteroatoms. The highest BCUT2D eigenvalue weighted by molar-refractivity contribution is 5.78. The SMILES string of the molecule is CC1C=CC=C2C1N1C(c3ccccc3)[N@]1C2c1ccc(C2=CC=C(c3ccccc3)CC2)cc1. The third-order valence-corrected chi connectivity index (χ3v) is 8.11. The smallest absolute Gasteiger partial charge is 0.117 e. The molecule has 35 heavy (non-hydrogen) atoms. The van der Waals surface area contributed by atoms with Gasteiger partial charge in [-0.05, 0) is 57.7 Å². The summed E-state index contributed by atoms with van der Waals surface area (Å²) < 4.78 is 0. The first kappa shape index (κ1) is 20.9. The molecule has 2 heterocycles. The highest BCUT2D eigenvalue weighted by Gasteiger charge is 2.63. The highest BCUT2D eigenvalue weighted by Crippen LogP contribution is 2.61. The molecule has 4 aliphatic rings. The second kappa shape index (κ2) is 8.34. The van der Waals surface area contributed by atoms with Crippen LogP contribution in [0, 0.1) is 5.92 Å². The molecule has 0 saturated carbocycles. The predicted octanol–water partition coefficient (Wildman–Crippen LogP) is 7.73. The van der Waals surface area contributed by atoms with Crippen LogP contribution in [0.15, 0.2) is 121 Å². The maximum absolute atomic E-state index is 2.60. The number of nitrogens with zero attached hydrogens (tertiary/aromatic N) is 2. The lowest BCUT2D eigenvalue weighted by Crippen LogP contribution is -2.28. The van der Waals surface area contributed by atoms with Crippen LogP contribution in [-0.4, -0.2) is 16.1 Å². The first-order valence-electron chi connectivity index (χ1n) is 12.8. The molecule has 0 aromatic heterocycles. The van der Waals surface area contributed by atoms with Gasteiger partial charge in [0.25, 0.3) is 0 Å². The number of fused-ring (bicyclic) bond motifs is 3. The van der Waals surface area contributed by atoms with Gasteiger partial charge in [-0.25, -0.2) is 10.0 Å². The van der Waals surface area contributed by atoms with Gasteiger partial charge in [0, 0.05) is 0 Å². The average molecular weight is 455 g/mol. The minimum atomic E-state index is 0.316. The minimum Gasteiger partial charge on any atom is -0.208 e. The molecule has 0 spiro atoms. The Morgan fingerprint density at radius 2 is 1.26 bits per heavy atom. The summed E-state index contributed by atoms with van der Waals surface area (Å²) in [6, 6.07) is 31.9.